The van der Waals surface area contributed by atoms with Crippen LogP contribution in [0.5, 0.6) is 5.75 Å². The van der Waals surface area contributed by atoms with Gasteiger partial charge in [0, 0.05) is 5.69 Å². The molecule has 0 atom stereocenters. The van der Waals surface area contributed by atoms with Crippen molar-refractivity contribution in [2.45, 2.75) is 40.5 Å². The Morgan fingerprint density at radius 1 is 1.35 bits per heavy atom. The Morgan fingerprint density at radius 3 is 2.61 bits per heavy atom. The van der Waals surface area contributed by atoms with E-state index in [1.807, 2.05) is 27.7 Å². The normalized spacial score (nSPS) is 9.96. The van der Waals surface area contributed by atoms with Gasteiger partial charge in [-0.3, -0.25) is 5.10 Å². The van der Waals surface area contributed by atoms with Gasteiger partial charge in [-0.15, -0.1) is 0 Å². The number of H-pyrrole nitrogens is 1. The Hall–Kier alpha value is -2.37. The molecule has 2 aromatic rings. The van der Waals surface area contributed by atoms with Crippen LogP contribution < -0.4 is 4.74 Å². The Bertz CT molecular complexity index is 634. The van der Waals surface area contributed by atoms with Crippen molar-refractivity contribution in [3.63, 3.8) is 0 Å². The molecule has 0 aliphatic carbocycles. The zero-order chi connectivity index (χ0) is 17.4. The lowest BCUT2D eigenvalue weighted by molar-refractivity contribution is 0.0696. The quantitative estimate of drug-likeness (QED) is 0.791. The van der Waals surface area contributed by atoms with Gasteiger partial charge in [0.2, 0.25) is 0 Å². The Kier molecular flexibility index (Phi) is 7.25. The van der Waals surface area contributed by atoms with E-state index in [1.165, 1.54) is 12.1 Å². The molecule has 1 aromatic heterocycles. The van der Waals surface area contributed by atoms with Crippen molar-refractivity contribution in [3.05, 3.63) is 46.5 Å². The summed E-state index contributed by atoms with van der Waals surface area (Å²) < 4.78 is 18.9. The minimum atomic E-state index is -1.11. The van der Waals surface area contributed by atoms with Gasteiger partial charge in [-0.2, -0.15) is 5.10 Å². The summed E-state index contributed by atoms with van der Waals surface area (Å²) in [7, 11) is 0. The van der Waals surface area contributed by atoms with Gasteiger partial charge in [0.05, 0.1) is 17.9 Å². The summed E-state index contributed by atoms with van der Waals surface area (Å²) in [6.45, 7) is 8.19. The molecule has 5 nitrogen and oxygen atoms in total. The van der Waals surface area contributed by atoms with Crippen LogP contribution in [0.15, 0.2) is 18.2 Å². The van der Waals surface area contributed by atoms with Gasteiger partial charge in [0.1, 0.15) is 0 Å². The number of carboxylic acids is 1. The largest absolute Gasteiger partial charge is 0.490 e. The molecule has 0 spiro atoms. The molecule has 0 radical (unpaired) electrons. The fraction of sp³-hybridized carbons (Fsp3) is 0.412. The summed E-state index contributed by atoms with van der Waals surface area (Å²) in [5.74, 6) is -1.70. The average Bonchev–Trinajstić information content (AvgIpc) is 2.86. The molecule has 0 unspecified atom stereocenters. The second-order valence-electron chi connectivity index (χ2n) is 4.81. The fourth-order valence-corrected chi connectivity index (χ4v) is 2.12. The highest BCUT2D eigenvalue weighted by Gasteiger charge is 2.10. The monoisotopic (exact) mass is 322 g/mol. The van der Waals surface area contributed by atoms with Crippen LogP contribution in [0.2, 0.25) is 0 Å². The first kappa shape index (κ1) is 18.7. The minimum absolute atomic E-state index is 0.00734. The number of hydrogen-bond acceptors (Lipinski definition) is 3. The van der Waals surface area contributed by atoms with Crippen LogP contribution in [-0.4, -0.2) is 27.9 Å². The molecule has 0 fully saturated rings. The number of rotatable bonds is 6. The SMILES string of the molecule is CC.Cc1n[nH]c(C)c1CCCOc1cc(C(=O)O)ccc1F. The minimum Gasteiger partial charge on any atom is -0.490 e. The first-order valence-electron chi connectivity index (χ1n) is 7.65. The number of nitrogens with zero attached hydrogens (tertiary/aromatic N) is 1. The van der Waals surface area contributed by atoms with Gasteiger partial charge in [0.15, 0.2) is 11.6 Å². The van der Waals surface area contributed by atoms with Gasteiger partial charge < -0.3 is 9.84 Å². The fourth-order valence-electron chi connectivity index (χ4n) is 2.12. The lowest BCUT2D eigenvalue weighted by Crippen LogP contribution is -2.04. The summed E-state index contributed by atoms with van der Waals surface area (Å²) in [5, 5.41) is 15.9. The number of benzene rings is 1. The molecule has 2 N–H and O–H groups in total. The van der Waals surface area contributed by atoms with Gasteiger partial charge in [-0.1, -0.05) is 13.8 Å². The molecule has 6 heteroatoms. The average molecular weight is 322 g/mol. The topological polar surface area (TPSA) is 75.2 Å². The maximum Gasteiger partial charge on any atom is 0.335 e. The number of aromatic carboxylic acids is 1. The molecule has 0 amide bonds. The Balaban J connectivity index is 0.00000127. The van der Waals surface area contributed by atoms with E-state index in [4.69, 9.17) is 9.84 Å². The third-order valence-corrected chi connectivity index (χ3v) is 3.29. The molecule has 2 rings (SSSR count). The van der Waals surface area contributed by atoms with Crippen LogP contribution in [0.3, 0.4) is 0 Å². The standard InChI is InChI=1S/C15H17FN2O3.C2H6/c1-9-12(10(2)18-17-9)4-3-7-21-14-8-11(15(19)20)5-6-13(14)16;1-2/h5-6,8H,3-4,7H2,1-2H3,(H,17,18)(H,19,20);1-2H3. The van der Waals surface area contributed by atoms with Crippen molar-refractivity contribution < 1.29 is 19.0 Å². The van der Waals surface area contributed by atoms with Crippen molar-refractivity contribution in [2.75, 3.05) is 6.61 Å². The van der Waals surface area contributed by atoms with Crippen LogP contribution in [0, 0.1) is 19.7 Å². The Labute approximate surface area is 135 Å². The van der Waals surface area contributed by atoms with E-state index in [-0.39, 0.29) is 11.3 Å². The van der Waals surface area contributed by atoms with Crippen LogP contribution in [0.4, 0.5) is 4.39 Å². The number of carbonyl (C=O) groups is 1. The molecule has 1 heterocycles. The predicted molar refractivity (Wildman–Crippen MR) is 86.6 cm³/mol. The number of nitrogens with one attached hydrogen (secondary N) is 1. The highest BCUT2D eigenvalue weighted by atomic mass is 19.1. The zero-order valence-electron chi connectivity index (χ0n) is 13.9. The number of ether oxygens (including phenoxy) is 1. The van der Waals surface area contributed by atoms with Crippen LogP contribution >= 0.6 is 0 Å². The van der Waals surface area contributed by atoms with Gasteiger partial charge in [0.25, 0.3) is 0 Å². The summed E-state index contributed by atoms with van der Waals surface area (Å²) in [6, 6.07) is 3.51. The van der Waals surface area contributed by atoms with Gasteiger partial charge in [-0.05, 0) is 50.5 Å². The van der Waals surface area contributed by atoms with E-state index in [9.17, 15) is 9.18 Å². The van der Waals surface area contributed by atoms with E-state index < -0.39 is 11.8 Å². The number of carboxylic acid groups (broad SMARTS) is 1. The molecule has 0 aliphatic rings. The van der Waals surface area contributed by atoms with E-state index >= 15 is 0 Å². The predicted octanol–water partition coefficient (Wildman–Crippen LogP) is 3.90. The van der Waals surface area contributed by atoms with Crippen LogP contribution in [-0.2, 0) is 6.42 Å². The maximum absolute atomic E-state index is 13.5. The lowest BCUT2D eigenvalue weighted by Gasteiger charge is -2.08. The zero-order valence-corrected chi connectivity index (χ0v) is 13.9. The number of aromatic nitrogens is 2. The molecule has 0 aliphatic heterocycles. The number of aromatic amines is 1. The number of aryl methyl sites for hydroxylation is 2. The van der Waals surface area contributed by atoms with Crippen molar-refractivity contribution in [3.8, 4) is 5.75 Å². The maximum atomic E-state index is 13.5. The first-order valence-corrected chi connectivity index (χ1v) is 7.65. The highest BCUT2D eigenvalue weighted by molar-refractivity contribution is 5.88. The molecular weight excluding hydrogens is 299 g/mol. The van der Waals surface area contributed by atoms with Crippen molar-refractivity contribution >= 4 is 5.97 Å². The smallest absolute Gasteiger partial charge is 0.335 e. The van der Waals surface area contributed by atoms with E-state index in [0.29, 0.717) is 13.0 Å². The molecular formula is C17H23FN2O3. The van der Waals surface area contributed by atoms with E-state index in [1.54, 1.807) is 0 Å². The molecule has 0 saturated carbocycles. The van der Waals surface area contributed by atoms with Crippen molar-refractivity contribution in [1.82, 2.24) is 10.2 Å². The second-order valence-corrected chi connectivity index (χ2v) is 4.81. The van der Waals surface area contributed by atoms with E-state index in [0.717, 1.165) is 29.4 Å². The summed E-state index contributed by atoms with van der Waals surface area (Å²) in [4.78, 5) is 10.8. The van der Waals surface area contributed by atoms with Crippen LogP contribution in [0.25, 0.3) is 0 Å². The first-order chi connectivity index (χ1) is 11.0. The van der Waals surface area contributed by atoms with Gasteiger partial charge in [-0.25, -0.2) is 9.18 Å². The summed E-state index contributed by atoms with van der Waals surface area (Å²) in [6.07, 6.45) is 1.46. The number of hydrogen-bond donors (Lipinski definition) is 2. The van der Waals surface area contributed by atoms with Crippen LogP contribution in [0.1, 0.15) is 47.6 Å². The molecule has 1 aromatic carbocycles. The van der Waals surface area contributed by atoms with Crippen molar-refractivity contribution in [1.29, 1.82) is 0 Å². The third-order valence-electron chi connectivity index (χ3n) is 3.29. The lowest BCUT2D eigenvalue weighted by atomic mass is 10.1. The molecule has 23 heavy (non-hydrogen) atoms. The second kappa shape index (κ2) is 8.92. The van der Waals surface area contributed by atoms with Crippen molar-refractivity contribution in [2.24, 2.45) is 0 Å². The summed E-state index contributed by atoms with van der Waals surface area (Å²) >= 11 is 0. The number of halogens is 1. The van der Waals surface area contributed by atoms with Gasteiger partial charge >= 0.3 is 5.97 Å². The van der Waals surface area contributed by atoms with E-state index in [2.05, 4.69) is 10.2 Å². The molecule has 126 valence electrons. The molecule has 0 saturated heterocycles. The summed E-state index contributed by atoms with van der Waals surface area (Å²) in [5.41, 5.74) is 3.12. The Morgan fingerprint density at radius 2 is 2.04 bits per heavy atom. The molecule has 0 bridgehead atoms. The highest BCUT2D eigenvalue weighted by Crippen LogP contribution is 2.19. The third kappa shape index (κ3) is 5.09.